The number of esters is 1. The van der Waals surface area contributed by atoms with Crippen molar-refractivity contribution in [3.8, 4) is 11.4 Å². The molecule has 0 unspecified atom stereocenters. The molecule has 1 fully saturated rings. The van der Waals surface area contributed by atoms with E-state index >= 15 is 0 Å². The van der Waals surface area contributed by atoms with Crippen molar-refractivity contribution in [2.24, 2.45) is 0 Å². The SMILES string of the molecule is CC(C)(C)OC(=O)C[C@H](NC(=O)c1cc(Cl)nc(-c2ccccc2)n1)C(=O)N1CCN(C(=O)O)CC1. The topological polar surface area (TPSA) is 142 Å². The van der Waals surface area contributed by atoms with Crippen molar-refractivity contribution in [2.45, 2.75) is 38.8 Å². The number of carbonyl (C=O) groups excluding carboxylic acids is 3. The number of halogens is 1. The minimum Gasteiger partial charge on any atom is -0.465 e. The molecule has 36 heavy (non-hydrogen) atoms. The van der Waals surface area contributed by atoms with Crippen LogP contribution in [0.1, 0.15) is 37.7 Å². The first-order chi connectivity index (χ1) is 16.9. The number of hydrogen-bond donors (Lipinski definition) is 2. The van der Waals surface area contributed by atoms with E-state index in [1.807, 2.05) is 6.07 Å². The second-order valence-corrected chi connectivity index (χ2v) is 9.56. The van der Waals surface area contributed by atoms with Gasteiger partial charge in [-0.3, -0.25) is 14.4 Å². The lowest BCUT2D eigenvalue weighted by Gasteiger charge is -2.35. The number of nitrogens with one attached hydrogen (secondary N) is 1. The number of benzene rings is 1. The van der Waals surface area contributed by atoms with E-state index < -0.39 is 41.9 Å². The van der Waals surface area contributed by atoms with Crippen LogP contribution in [0.2, 0.25) is 5.15 Å². The summed E-state index contributed by atoms with van der Waals surface area (Å²) < 4.78 is 5.34. The molecule has 192 valence electrons. The number of carboxylic acid groups (broad SMARTS) is 1. The Hall–Kier alpha value is -3.73. The molecular weight excluding hydrogens is 490 g/mol. The Labute approximate surface area is 213 Å². The number of amides is 3. The molecule has 0 spiro atoms. The van der Waals surface area contributed by atoms with E-state index in [1.54, 1.807) is 45.0 Å². The number of ether oxygens (including phenoxy) is 1. The van der Waals surface area contributed by atoms with Gasteiger partial charge >= 0.3 is 12.1 Å². The number of piperazine rings is 1. The van der Waals surface area contributed by atoms with Crippen molar-refractivity contribution < 1.29 is 29.0 Å². The summed E-state index contributed by atoms with van der Waals surface area (Å²) in [5.41, 5.74) is -0.217. The monoisotopic (exact) mass is 517 g/mol. The predicted octanol–water partition coefficient (Wildman–Crippen LogP) is 2.45. The van der Waals surface area contributed by atoms with Gasteiger partial charge in [-0.25, -0.2) is 14.8 Å². The van der Waals surface area contributed by atoms with Crippen LogP contribution in [-0.4, -0.2) is 86.6 Å². The zero-order chi connectivity index (χ0) is 26.5. The van der Waals surface area contributed by atoms with Gasteiger partial charge in [-0.1, -0.05) is 41.9 Å². The van der Waals surface area contributed by atoms with Crippen molar-refractivity contribution in [3.63, 3.8) is 0 Å². The summed E-state index contributed by atoms with van der Waals surface area (Å²) in [6.07, 6.45) is -1.48. The third kappa shape index (κ3) is 7.38. The maximum atomic E-state index is 13.3. The van der Waals surface area contributed by atoms with Gasteiger partial charge in [0.2, 0.25) is 5.91 Å². The highest BCUT2D eigenvalue weighted by Gasteiger charge is 2.33. The molecule has 1 aliphatic heterocycles. The molecule has 2 aromatic rings. The van der Waals surface area contributed by atoms with E-state index in [0.717, 1.165) is 0 Å². The van der Waals surface area contributed by atoms with Gasteiger partial charge in [0.1, 0.15) is 22.5 Å². The van der Waals surface area contributed by atoms with Gasteiger partial charge in [0, 0.05) is 37.8 Å². The zero-order valence-electron chi connectivity index (χ0n) is 20.2. The smallest absolute Gasteiger partial charge is 0.407 e. The van der Waals surface area contributed by atoms with Crippen molar-refractivity contribution in [3.05, 3.63) is 47.2 Å². The van der Waals surface area contributed by atoms with Crippen molar-refractivity contribution >= 4 is 35.5 Å². The second kappa shape index (κ2) is 11.3. The summed E-state index contributed by atoms with van der Waals surface area (Å²) in [5.74, 6) is -1.69. The fourth-order valence-corrected chi connectivity index (χ4v) is 3.75. The minimum absolute atomic E-state index is 0.0359. The second-order valence-electron chi connectivity index (χ2n) is 9.18. The molecule has 1 atom stereocenters. The summed E-state index contributed by atoms with van der Waals surface area (Å²) in [5, 5.41) is 11.8. The average Bonchev–Trinajstić information content (AvgIpc) is 2.82. The van der Waals surface area contributed by atoms with Crippen LogP contribution in [-0.2, 0) is 14.3 Å². The highest BCUT2D eigenvalue weighted by atomic mass is 35.5. The molecule has 0 aliphatic carbocycles. The summed E-state index contributed by atoms with van der Waals surface area (Å²) in [4.78, 5) is 61.2. The quantitative estimate of drug-likeness (QED) is 0.439. The van der Waals surface area contributed by atoms with Crippen LogP contribution in [0.3, 0.4) is 0 Å². The predicted molar refractivity (Wildman–Crippen MR) is 130 cm³/mol. The lowest BCUT2D eigenvalue weighted by molar-refractivity contribution is -0.157. The van der Waals surface area contributed by atoms with Crippen LogP contribution < -0.4 is 5.32 Å². The highest BCUT2D eigenvalue weighted by Crippen LogP contribution is 2.18. The van der Waals surface area contributed by atoms with Crippen LogP contribution >= 0.6 is 11.6 Å². The normalized spacial score (nSPS) is 14.7. The van der Waals surface area contributed by atoms with Gasteiger partial charge in [-0.15, -0.1) is 0 Å². The molecule has 2 N–H and O–H groups in total. The van der Waals surface area contributed by atoms with Crippen molar-refractivity contribution in [1.82, 2.24) is 25.1 Å². The number of nitrogens with zero attached hydrogens (tertiary/aromatic N) is 4. The first kappa shape index (κ1) is 26.9. The largest absolute Gasteiger partial charge is 0.465 e. The molecule has 1 aliphatic rings. The van der Waals surface area contributed by atoms with Gasteiger partial charge in [0.25, 0.3) is 5.91 Å². The van der Waals surface area contributed by atoms with Gasteiger partial charge in [-0.2, -0.15) is 0 Å². The number of hydrogen-bond acceptors (Lipinski definition) is 7. The summed E-state index contributed by atoms with van der Waals surface area (Å²) in [6.45, 7) is 5.58. The van der Waals surface area contributed by atoms with Crippen LogP contribution in [0.25, 0.3) is 11.4 Å². The molecule has 3 amide bonds. The molecule has 0 bridgehead atoms. The van der Waals surface area contributed by atoms with Gasteiger partial charge in [0.05, 0.1) is 6.42 Å². The average molecular weight is 518 g/mol. The Morgan fingerprint density at radius 2 is 1.67 bits per heavy atom. The molecule has 3 rings (SSSR count). The highest BCUT2D eigenvalue weighted by molar-refractivity contribution is 6.29. The molecule has 0 radical (unpaired) electrons. The van der Waals surface area contributed by atoms with Crippen LogP contribution in [0.4, 0.5) is 4.79 Å². The first-order valence-corrected chi connectivity index (χ1v) is 11.7. The molecular formula is C24H28ClN5O6. The third-order valence-electron chi connectivity index (χ3n) is 5.22. The van der Waals surface area contributed by atoms with E-state index in [-0.39, 0.29) is 42.9 Å². The summed E-state index contributed by atoms with van der Waals surface area (Å²) >= 11 is 6.13. The molecule has 11 nitrogen and oxygen atoms in total. The molecule has 1 aromatic carbocycles. The maximum Gasteiger partial charge on any atom is 0.407 e. The third-order valence-corrected chi connectivity index (χ3v) is 5.41. The maximum absolute atomic E-state index is 13.3. The fraction of sp³-hybridized carbons (Fsp3) is 0.417. The fourth-order valence-electron chi connectivity index (χ4n) is 3.57. The number of carbonyl (C=O) groups is 4. The molecule has 1 saturated heterocycles. The Kier molecular flexibility index (Phi) is 8.46. The standard InChI is InChI=1S/C24H28ClN5O6/c1-24(2,3)36-19(31)14-17(22(33)29-9-11-30(12-10-29)23(34)35)27-21(32)16-13-18(25)28-20(26-16)15-7-5-4-6-8-15/h4-8,13,17H,9-12,14H2,1-3H3,(H,27,32)(H,34,35)/t17-/m0/s1. The Morgan fingerprint density at radius 3 is 2.25 bits per heavy atom. The Bertz CT molecular complexity index is 1130. The van der Waals surface area contributed by atoms with E-state index in [1.165, 1.54) is 15.9 Å². The van der Waals surface area contributed by atoms with Crippen molar-refractivity contribution in [2.75, 3.05) is 26.2 Å². The first-order valence-electron chi connectivity index (χ1n) is 11.3. The summed E-state index contributed by atoms with van der Waals surface area (Å²) in [7, 11) is 0. The molecule has 1 aromatic heterocycles. The lowest BCUT2D eigenvalue weighted by Crippen LogP contribution is -2.56. The Balaban J connectivity index is 1.81. The van der Waals surface area contributed by atoms with Crippen LogP contribution in [0, 0.1) is 0 Å². The minimum atomic E-state index is -1.25. The number of rotatable bonds is 6. The molecule has 0 saturated carbocycles. The van der Waals surface area contributed by atoms with Crippen LogP contribution in [0.5, 0.6) is 0 Å². The number of aromatic nitrogens is 2. The van der Waals surface area contributed by atoms with Gasteiger partial charge in [0.15, 0.2) is 5.82 Å². The van der Waals surface area contributed by atoms with E-state index in [2.05, 4.69) is 15.3 Å². The van der Waals surface area contributed by atoms with E-state index in [0.29, 0.717) is 5.56 Å². The van der Waals surface area contributed by atoms with Crippen molar-refractivity contribution in [1.29, 1.82) is 0 Å². The molecule has 2 heterocycles. The molecule has 12 heteroatoms. The van der Waals surface area contributed by atoms with E-state index in [9.17, 15) is 19.2 Å². The van der Waals surface area contributed by atoms with Gasteiger partial charge in [-0.05, 0) is 20.8 Å². The zero-order valence-corrected chi connectivity index (χ0v) is 21.0. The van der Waals surface area contributed by atoms with Gasteiger partial charge < -0.3 is 25.0 Å². The van der Waals surface area contributed by atoms with Crippen LogP contribution in [0.15, 0.2) is 36.4 Å². The Morgan fingerprint density at radius 1 is 1.06 bits per heavy atom. The summed E-state index contributed by atoms with van der Waals surface area (Å²) in [6, 6.07) is 8.95. The lowest BCUT2D eigenvalue weighted by atomic mass is 10.1. The van der Waals surface area contributed by atoms with E-state index in [4.69, 9.17) is 21.4 Å².